The van der Waals surface area contributed by atoms with Crippen LogP contribution in [0.2, 0.25) is 5.02 Å². The number of nitrogens with zero attached hydrogens (tertiary/aromatic N) is 3. The number of hydrogen-bond acceptors (Lipinski definition) is 6. The van der Waals surface area contributed by atoms with E-state index in [2.05, 4.69) is 24.2 Å². The molecule has 1 aliphatic heterocycles. The molecule has 0 aliphatic carbocycles. The number of ether oxygens (including phenoxy) is 1. The van der Waals surface area contributed by atoms with Gasteiger partial charge in [-0.05, 0) is 43.2 Å². The maximum absolute atomic E-state index is 13.0. The number of carbonyl (C=O) groups excluding carboxylic acids is 1. The second-order valence-electron chi connectivity index (χ2n) is 6.94. The summed E-state index contributed by atoms with van der Waals surface area (Å²) in [5.74, 6) is -0.215. The van der Waals surface area contributed by atoms with Crippen molar-refractivity contribution >= 4 is 38.9 Å². The van der Waals surface area contributed by atoms with Crippen LogP contribution in [0.4, 0.5) is 0 Å². The van der Waals surface area contributed by atoms with Crippen molar-refractivity contribution in [2.45, 2.75) is 45.4 Å². The molecule has 0 N–H and O–H groups in total. The van der Waals surface area contributed by atoms with E-state index in [-0.39, 0.29) is 23.5 Å². The largest absolute Gasteiger partial charge is 0.369 e. The number of rotatable bonds is 4. The summed E-state index contributed by atoms with van der Waals surface area (Å²) in [4.78, 5) is 27.2. The SMILES string of the molecule is CC[C@]1(C)Cc2c(sc3nnn(CC(=O)c4ccc(Cl)cc4)c(=O)c23)CO1. The number of halogens is 1. The number of thiophene rings is 1. The van der Waals surface area contributed by atoms with Gasteiger partial charge in [0.25, 0.3) is 5.56 Å². The molecule has 0 unspecified atom stereocenters. The van der Waals surface area contributed by atoms with Crippen molar-refractivity contribution in [3.8, 4) is 0 Å². The maximum Gasteiger partial charge on any atom is 0.279 e. The minimum absolute atomic E-state index is 0.157. The number of carbonyl (C=O) groups is 1. The summed E-state index contributed by atoms with van der Waals surface area (Å²) >= 11 is 7.30. The second-order valence-corrected chi connectivity index (χ2v) is 8.46. The normalized spacial score (nSPS) is 19.2. The fraction of sp³-hybridized carbons (Fsp3) is 0.368. The number of Topliss-reactive ketones (excluding diaryl/α,β-unsaturated/α-hetero) is 1. The first kappa shape index (κ1) is 18.3. The van der Waals surface area contributed by atoms with E-state index in [0.29, 0.717) is 33.8 Å². The molecule has 140 valence electrons. The van der Waals surface area contributed by atoms with Gasteiger partial charge in [0.05, 0.1) is 17.6 Å². The fourth-order valence-electron chi connectivity index (χ4n) is 3.21. The quantitative estimate of drug-likeness (QED) is 0.622. The molecule has 1 aromatic carbocycles. The molecule has 3 aromatic rings. The molecule has 4 rings (SSSR count). The Bertz CT molecular complexity index is 1090. The predicted octanol–water partition coefficient (Wildman–Crippen LogP) is 3.63. The van der Waals surface area contributed by atoms with Crippen LogP contribution in [0.1, 0.15) is 41.1 Å². The molecule has 0 radical (unpaired) electrons. The maximum atomic E-state index is 13.0. The van der Waals surface area contributed by atoms with Crippen LogP contribution in [0.3, 0.4) is 0 Å². The zero-order valence-corrected chi connectivity index (χ0v) is 16.6. The molecule has 0 amide bonds. The van der Waals surface area contributed by atoms with E-state index in [1.807, 2.05) is 0 Å². The predicted molar refractivity (Wildman–Crippen MR) is 105 cm³/mol. The molecular formula is C19H18ClN3O3S. The van der Waals surface area contributed by atoms with Crippen molar-refractivity contribution in [3.63, 3.8) is 0 Å². The summed E-state index contributed by atoms with van der Waals surface area (Å²) in [5.41, 5.74) is 0.895. The first-order chi connectivity index (χ1) is 12.9. The van der Waals surface area contributed by atoms with E-state index in [1.54, 1.807) is 24.3 Å². The molecule has 0 saturated heterocycles. The van der Waals surface area contributed by atoms with Crippen molar-refractivity contribution in [1.82, 2.24) is 15.0 Å². The van der Waals surface area contributed by atoms with Gasteiger partial charge in [0.1, 0.15) is 6.54 Å². The van der Waals surface area contributed by atoms with Crippen molar-refractivity contribution < 1.29 is 9.53 Å². The Hall–Kier alpha value is -2.09. The lowest BCUT2D eigenvalue weighted by Gasteiger charge is -2.32. The highest BCUT2D eigenvalue weighted by Gasteiger charge is 2.33. The van der Waals surface area contributed by atoms with Crippen molar-refractivity contribution in [2.75, 3.05) is 0 Å². The van der Waals surface area contributed by atoms with E-state index in [4.69, 9.17) is 16.3 Å². The Morgan fingerprint density at radius 3 is 2.81 bits per heavy atom. The van der Waals surface area contributed by atoms with Crippen LogP contribution in [0, 0.1) is 0 Å². The molecule has 8 heteroatoms. The molecule has 1 aliphatic rings. The lowest BCUT2D eigenvalue weighted by molar-refractivity contribution is -0.0543. The monoisotopic (exact) mass is 403 g/mol. The first-order valence-electron chi connectivity index (χ1n) is 8.71. The van der Waals surface area contributed by atoms with Crippen LogP contribution in [0.15, 0.2) is 29.1 Å². The van der Waals surface area contributed by atoms with Gasteiger partial charge in [-0.1, -0.05) is 23.7 Å². The number of aromatic nitrogens is 3. The fourth-order valence-corrected chi connectivity index (χ4v) is 4.38. The first-order valence-corrected chi connectivity index (χ1v) is 9.90. The van der Waals surface area contributed by atoms with Gasteiger partial charge in [-0.25, -0.2) is 4.68 Å². The van der Waals surface area contributed by atoms with Crippen molar-refractivity contribution in [1.29, 1.82) is 0 Å². The molecule has 0 bridgehead atoms. The van der Waals surface area contributed by atoms with E-state index in [9.17, 15) is 9.59 Å². The Kier molecular flexibility index (Phi) is 4.61. The third kappa shape index (κ3) is 3.31. The Balaban J connectivity index is 1.72. The molecule has 27 heavy (non-hydrogen) atoms. The lowest BCUT2D eigenvalue weighted by Crippen LogP contribution is -2.35. The lowest BCUT2D eigenvalue weighted by atomic mass is 9.90. The van der Waals surface area contributed by atoms with Gasteiger partial charge in [-0.15, -0.1) is 16.4 Å². The average Bonchev–Trinajstić information content (AvgIpc) is 3.02. The van der Waals surface area contributed by atoms with Crippen LogP contribution >= 0.6 is 22.9 Å². The molecule has 6 nitrogen and oxygen atoms in total. The summed E-state index contributed by atoms with van der Waals surface area (Å²) in [6.45, 7) is 4.44. The third-order valence-corrected chi connectivity index (χ3v) is 6.42. The average molecular weight is 404 g/mol. The van der Waals surface area contributed by atoms with E-state index < -0.39 is 0 Å². The topological polar surface area (TPSA) is 74.1 Å². The van der Waals surface area contributed by atoms with E-state index in [1.165, 1.54) is 11.3 Å². The standard InChI is InChI=1S/C19H18ClN3O3S/c1-3-19(2)8-13-15(10-26-19)27-17-16(13)18(25)23(22-21-17)9-14(24)11-4-6-12(20)7-5-11/h4-7H,3,8-10H2,1-2H3/t19-/m1/s1. The summed E-state index contributed by atoms with van der Waals surface area (Å²) in [5, 5.41) is 9.27. The minimum atomic E-state index is -0.291. The van der Waals surface area contributed by atoms with Crippen LogP contribution in [-0.4, -0.2) is 26.4 Å². The number of ketones is 1. The summed E-state index contributed by atoms with van der Waals surface area (Å²) in [6.07, 6.45) is 1.51. The van der Waals surface area contributed by atoms with Crippen LogP contribution in [0.5, 0.6) is 0 Å². The Labute approximate surface area is 164 Å². The zero-order chi connectivity index (χ0) is 19.2. The minimum Gasteiger partial charge on any atom is -0.369 e. The molecular weight excluding hydrogens is 386 g/mol. The van der Waals surface area contributed by atoms with Crippen molar-refractivity contribution in [3.05, 3.63) is 55.6 Å². The van der Waals surface area contributed by atoms with Crippen molar-refractivity contribution in [2.24, 2.45) is 0 Å². The molecule has 3 heterocycles. The summed E-state index contributed by atoms with van der Waals surface area (Å²) < 4.78 is 7.11. The van der Waals surface area contributed by atoms with Gasteiger partial charge in [0.2, 0.25) is 0 Å². The van der Waals surface area contributed by atoms with Gasteiger partial charge >= 0.3 is 0 Å². The molecule has 0 spiro atoms. The van der Waals surface area contributed by atoms with Crippen LogP contribution in [-0.2, 0) is 24.3 Å². The highest BCUT2D eigenvalue weighted by Crippen LogP contribution is 2.37. The highest BCUT2D eigenvalue weighted by molar-refractivity contribution is 7.18. The molecule has 0 saturated carbocycles. The zero-order valence-electron chi connectivity index (χ0n) is 15.0. The van der Waals surface area contributed by atoms with E-state index >= 15 is 0 Å². The number of hydrogen-bond donors (Lipinski definition) is 0. The molecule has 0 fully saturated rings. The number of fused-ring (bicyclic) bond motifs is 3. The van der Waals surface area contributed by atoms with Gasteiger partial charge in [0.15, 0.2) is 10.6 Å². The number of benzene rings is 1. The smallest absolute Gasteiger partial charge is 0.279 e. The second kappa shape index (κ2) is 6.82. The van der Waals surface area contributed by atoms with Gasteiger partial charge in [0, 0.05) is 21.9 Å². The van der Waals surface area contributed by atoms with Crippen LogP contribution < -0.4 is 5.56 Å². The Morgan fingerprint density at radius 2 is 2.11 bits per heavy atom. The highest BCUT2D eigenvalue weighted by atomic mass is 35.5. The Morgan fingerprint density at radius 1 is 1.37 bits per heavy atom. The van der Waals surface area contributed by atoms with Gasteiger partial charge < -0.3 is 4.74 Å². The molecule has 2 aromatic heterocycles. The summed E-state index contributed by atoms with van der Waals surface area (Å²) in [7, 11) is 0. The van der Waals surface area contributed by atoms with E-state index in [0.717, 1.165) is 21.5 Å². The third-order valence-electron chi connectivity index (χ3n) is 5.07. The molecule has 1 atom stereocenters. The van der Waals surface area contributed by atoms with Gasteiger partial charge in [-0.2, -0.15) is 0 Å². The van der Waals surface area contributed by atoms with Crippen LogP contribution in [0.25, 0.3) is 10.2 Å². The van der Waals surface area contributed by atoms with Gasteiger partial charge in [-0.3, -0.25) is 9.59 Å². The summed E-state index contributed by atoms with van der Waals surface area (Å²) in [6, 6.07) is 6.57.